The molecule has 0 bridgehead atoms. The number of hydrogen-bond donors (Lipinski definition) is 0. The van der Waals surface area contributed by atoms with Crippen LogP contribution in [0.2, 0.25) is 0 Å². The van der Waals surface area contributed by atoms with Crippen LogP contribution in [-0.4, -0.2) is 28.4 Å². The number of halogens is 1. The van der Waals surface area contributed by atoms with Crippen LogP contribution in [0, 0.1) is 13.8 Å². The Morgan fingerprint density at radius 1 is 1.27 bits per heavy atom. The molecule has 0 fully saturated rings. The molecule has 0 aliphatic carbocycles. The lowest BCUT2D eigenvalue weighted by molar-refractivity contribution is 0.775. The van der Waals surface area contributed by atoms with E-state index in [0.29, 0.717) is 0 Å². The highest BCUT2D eigenvalue weighted by atomic mass is 79.9. The molecule has 0 atom stereocenters. The SMILES string of the molecule is CCCN(CCBr)c1cc(C)nc(C)n1. The predicted molar refractivity (Wildman–Crippen MR) is 67.8 cm³/mol. The molecule has 0 N–H and O–H groups in total. The second-order valence-electron chi connectivity index (χ2n) is 3.59. The fraction of sp³-hybridized carbons (Fsp3) is 0.636. The van der Waals surface area contributed by atoms with Crippen molar-refractivity contribution in [3.8, 4) is 0 Å². The Labute approximate surface area is 100 Å². The van der Waals surface area contributed by atoms with Crippen molar-refractivity contribution in [1.82, 2.24) is 9.97 Å². The molecule has 0 aromatic carbocycles. The Balaban J connectivity index is 2.88. The van der Waals surface area contributed by atoms with Crippen molar-refractivity contribution in [3.63, 3.8) is 0 Å². The average Bonchev–Trinajstić information content (AvgIpc) is 2.16. The van der Waals surface area contributed by atoms with Crippen LogP contribution in [0.15, 0.2) is 6.07 Å². The van der Waals surface area contributed by atoms with Gasteiger partial charge in [-0.25, -0.2) is 9.97 Å². The first-order chi connectivity index (χ1) is 7.17. The summed E-state index contributed by atoms with van der Waals surface area (Å²) in [6.45, 7) is 8.17. The van der Waals surface area contributed by atoms with Crippen LogP contribution in [0.1, 0.15) is 24.9 Å². The summed E-state index contributed by atoms with van der Waals surface area (Å²) in [6, 6.07) is 2.05. The second-order valence-corrected chi connectivity index (χ2v) is 4.38. The summed E-state index contributed by atoms with van der Waals surface area (Å²) in [5.74, 6) is 1.89. The van der Waals surface area contributed by atoms with Gasteiger partial charge >= 0.3 is 0 Å². The first-order valence-corrected chi connectivity index (χ1v) is 6.42. The molecular formula is C11H18BrN3. The average molecular weight is 272 g/mol. The Hall–Kier alpha value is -0.640. The molecule has 0 radical (unpaired) electrons. The second kappa shape index (κ2) is 6.05. The molecule has 0 saturated carbocycles. The summed E-state index contributed by atoms with van der Waals surface area (Å²) >= 11 is 3.47. The third-order valence-electron chi connectivity index (χ3n) is 2.12. The van der Waals surface area contributed by atoms with E-state index in [-0.39, 0.29) is 0 Å². The van der Waals surface area contributed by atoms with Crippen LogP contribution in [0.3, 0.4) is 0 Å². The van der Waals surface area contributed by atoms with Gasteiger partial charge in [-0.05, 0) is 20.3 Å². The van der Waals surface area contributed by atoms with Gasteiger partial charge < -0.3 is 4.90 Å². The zero-order chi connectivity index (χ0) is 11.3. The summed E-state index contributed by atoms with van der Waals surface area (Å²) in [5, 5.41) is 0.967. The highest BCUT2D eigenvalue weighted by molar-refractivity contribution is 9.09. The number of hydrogen-bond acceptors (Lipinski definition) is 3. The molecule has 0 amide bonds. The van der Waals surface area contributed by atoms with Crippen LogP contribution in [0.5, 0.6) is 0 Å². The van der Waals surface area contributed by atoms with E-state index in [1.165, 1.54) is 0 Å². The molecule has 1 aromatic heterocycles. The van der Waals surface area contributed by atoms with Crippen molar-refractivity contribution in [2.75, 3.05) is 23.3 Å². The van der Waals surface area contributed by atoms with E-state index in [0.717, 1.165) is 42.2 Å². The van der Waals surface area contributed by atoms with E-state index in [1.54, 1.807) is 0 Å². The zero-order valence-corrected chi connectivity index (χ0v) is 11.2. The highest BCUT2D eigenvalue weighted by Gasteiger charge is 2.07. The van der Waals surface area contributed by atoms with E-state index in [1.807, 2.05) is 19.9 Å². The lowest BCUT2D eigenvalue weighted by Gasteiger charge is -2.22. The number of aryl methyl sites for hydroxylation is 2. The number of alkyl halides is 1. The Morgan fingerprint density at radius 3 is 2.53 bits per heavy atom. The van der Waals surface area contributed by atoms with Gasteiger partial charge in [0.05, 0.1) is 0 Å². The summed E-state index contributed by atoms with van der Waals surface area (Å²) in [4.78, 5) is 11.0. The molecule has 1 rings (SSSR count). The lowest BCUT2D eigenvalue weighted by Crippen LogP contribution is -2.27. The molecule has 0 unspecified atom stereocenters. The third-order valence-corrected chi connectivity index (χ3v) is 2.48. The summed E-state index contributed by atoms with van der Waals surface area (Å²) in [5.41, 5.74) is 1.04. The van der Waals surface area contributed by atoms with Crippen molar-refractivity contribution in [2.45, 2.75) is 27.2 Å². The molecular weight excluding hydrogens is 254 g/mol. The number of aromatic nitrogens is 2. The molecule has 0 aliphatic heterocycles. The van der Waals surface area contributed by atoms with Gasteiger partial charge in [-0.1, -0.05) is 22.9 Å². The van der Waals surface area contributed by atoms with E-state index in [9.17, 15) is 0 Å². The number of anilines is 1. The predicted octanol–water partition coefficient (Wildman–Crippen LogP) is 2.70. The smallest absolute Gasteiger partial charge is 0.132 e. The minimum Gasteiger partial charge on any atom is -0.356 e. The standard InChI is InChI=1S/C11H18BrN3/c1-4-6-15(7-5-12)11-8-9(2)13-10(3)14-11/h8H,4-7H2,1-3H3. The van der Waals surface area contributed by atoms with Gasteiger partial charge in [0.1, 0.15) is 11.6 Å². The van der Waals surface area contributed by atoms with Crippen LogP contribution in [0.4, 0.5) is 5.82 Å². The maximum Gasteiger partial charge on any atom is 0.132 e. The van der Waals surface area contributed by atoms with Gasteiger partial charge in [0.25, 0.3) is 0 Å². The lowest BCUT2D eigenvalue weighted by atomic mass is 10.3. The van der Waals surface area contributed by atoms with Crippen LogP contribution >= 0.6 is 15.9 Å². The molecule has 3 nitrogen and oxygen atoms in total. The van der Waals surface area contributed by atoms with Crippen molar-refractivity contribution in [3.05, 3.63) is 17.6 Å². The first-order valence-electron chi connectivity index (χ1n) is 5.30. The van der Waals surface area contributed by atoms with Gasteiger partial charge in [0.2, 0.25) is 0 Å². The van der Waals surface area contributed by atoms with Crippen molar-refractivity contribution >= 4 is 21.7 Å². The highest BCUT2D eigenvalue weighted by Crippen LogP contribution is 2.13. The summed E-state index contributed by atoms with van der Waals surface area (Å²) in [7, 11) is 0. The van der Waals surface area contributed by atoms with Gasteiger partial charge in [-0.3, -0.25) is 0 Å². The van der Waals surface area contributed by atoms with Crippen molar-refractivity contribution in [2.24, 2.45) is 0 Å². The van der Waals surface area contributed by atoms with E-state index in [2.05, 4.69) is 37.7 Å². The maximum absolute atomic E-state index is 4.47. The normalized spacial score (nSPS) is 10.4. The molecule has 1 heterocycles. The minimum atomic E-state index is 0.848. The quantitative estimate of drug-likeness (QED) is 0.772. The van der Waals surface area contributed by atoms with E-state index in [4.69, 9.17) is 0 Å². The fourth-order valence-corrected chi connectivity index (χ4v) is 2.00. The van der Waals surface area contributed by atoms with Crippen molar-refractivity contribution < 1.29 is 0 Å². The summed E-state index contributed by atoms with van der Waals surface area (Å²) in [6.07, 6.45) is 1.13. The van der Waals surface area contributed by atoms with Crippen LogP contribution in [0.25, 0.3) is 0 Å². The number of nitrogens with zero attached hydrogens (tertiary/aromatic N) is 3. The zero-order valence-electron chi connectivity index (χ0n) is 9.63. The van der Waals surface area contributed by atoms with Gasteiger partial charge in [-0.15, -0.1) is 0 Å². The molecule has 15 heavy (non-hydrogen) atoms. The van der Waals surface area contributed by atoms with E-state index < -0.39 is 0 Å². The van der Waals surface area contributed by atoms with Gasteiger partial charge in [-0.2, -0.15) is 0 Å². The molecule has 0 saturated heterocycles. The van der Waals surface area contributed by atoms with Crippen LogP contribution < -0.4 is 4.90 Å². The first kappa shape index (κ1) is 12.4. The topological polar surface area (TPSA) is 29.0 Å². The molecule has 1 aromatic rings. The maximum atomic E-state index is 4.47. The Kier molecular flexibility index (Phi) is 5.02. The van der Waals surface area contributed by atoms with Crippen LogP contribution in [-0.2, 0) is 0 Å². The van der Waals surface area contributed by atoms with Gasteiger partial charge in [0.15, 0.2) is 0 Å². The fourth-order valence-electron chi connectivity index (χ4n) is 1.57. The van der Waals surface area contributed by atoms with E-state index >= 15 is 0 Å². The third kappa shape index (κ3) is 3.78. The monoisotopic (exact) mass is 271 g/mol. The largest absolute Gasteiger partial charge is 0.356 e. The molecule has 84 valence electrons. The van der Waals surface area contributed by atoms with Gasteiger partial charge in [0, 0.05) is 30.2 Å². The summed E-state index contributed by atoms with van der Waals surface area (Å²) < 4.78 is 0. The van der Waals surface area contributed by atoms with Crippen molar-refractivity contribution in [1.29, 1.82) is 0 Å². The molecule has 0 aliphatic rings. The molecule has 0 spiro atoms. The number of rotatable bonds is 5. The minimum absolute atomic E-state index is 0.848. The molecule has 4 heteroatoms. The Bertz CT molecular complexity index is 288. The Morgan fingerprint density at radius 2 is 2.00 bits per heavy atom.